The molecule has 1 aromatic carbocycles. The van der Waals surface area contributed by atoms with Gasteiger partial charge in [0.25, 0.3) is 0 Å². The molecule has 7 nitrogen and oxygen atoms in total. The molecule has 0 radical (unpaired) electrons. The number of H-pyrrole nitrogens is 1. The van der Waals surface area contributed by atoms with Gasteiger partial charge in [0.05, 0.1) is 18.5 Å². The van der Waals surface area contributed by atoms with Crippen molar-refractivity contribution in [3.05, 3.63) is 41.2 Å². The topological polar surface area (TPSA) is 78.5 Å². The lowest BCUT2D eigenvalue weighted by molar-refractivity contribution is 0.181. The monoisotopic (exact) mass is 364 g/mol. The molecule has 1 aliphatic rings. The fourth-order valence-electron chi connectivity index (χ4n) is 3.21. The molecule has 1 aliphatic heterocycles. The molecule has 1 saturated heterocycles. The van der Waals surface area contributed by atoms with Gasteiger partial charge in [0.2, 0.25) is 10.0 Å². The van der Waals surface area contributed by atoms with Gasteiger partial charge in [-0.1, -0.05) is 12.1 Å². The van der Waals surface area contributed by atoms with Gasteiger partial charge in [0.15, 0.2) is 0 Å². The first-order chi connectivity index (χ1) is 11.9. The third kappa shape index (κ3) is 3.70. The molecule has 0 unspecified atom stereocenters. The minimum absolute atomic E-state index is 0.314. The van der Waals surface area contributed by atoms with E-state index in [0.29, 0.717) is 42.5 Å². The summed E-state index contributed by atoms with van der Waals surface area (Å²) in [7, 11) is -1.84. The minimum atomic E-state index is -3.49. The highest BCUT2D eigenvalue weighted by atomic mass is 32.2. The number of methoxy groups -OCH3 is 1. The molecule has 25 heavy (non-hydrogen) atoms. The van der Waals surface area contributed by atoms with Gasteiger partial charge >= 0.3 is 0 Å². The Kier molecular flexibility index (Phi) is 5.12. The number of ether oxygens (including phenoxy) is 1. The van der Waals surface area contributed by atoms with Crippen LogP contribution in [-0.2, 0) is 16.6 Å². The first-order valence-electron chi connectivity index (χ1n) is 8.29. The first kappa shape index (κ1) is 17.9. The molecule has 2 aromatic rings. The summed E-state index contributed by atoms with van der Waals surface area (Å²) in [5, 5.41) is 6.77. The largest absolute Gasteiger partial charge is 0.497 e. The Morgan fingerprint density at radius 2 is 1.92 bits per heavy atom. The highest BCUT2D eigenvalue weighted by Gasteiger charge is 2.32. The van der Waals surface area contributed by atoms with E-state index in [0.717, 1.165) is 17.9 Å². The van der Waals surface area contributed by atoms with Crippen LogP contribution in [0.25, 0.3) is 0 Å². The van der Waals surface area contributed by atoms with Gasteiger partial charge in [-0.25, -0.2) is 8.42 Å². The molecule has 136 valence electrons. The molecule has 0 bridgehead atoms. The molecule has 0 spiro atoms. The van der Waals surface area contributed by atoms with E-state index in [1.807, 2.05) is 18.2 Å². The fourth-order valence-corrected chi connectivity index (χ4v) is 4.96. The van der Waals surface area contributed by atoms with Crippen molar-refractivity contribution >= 4 is 10.0 Å². The van der Waals surface area contributed by atoms with Crippen molar-refractivity contribution in [3.8, 4) is 5.75 Å². The first-order valence-corrected chi connectivity index (χ1v) is 9.73. The third-order valence-electron chi connectivity index (χ3n) is 4.53. The normalized spacial score (nSPS) is 16.9. The predicted molar refractivity (Wildman–Crippen MR) is 95.1 cm³/mol. The second kappa shape index (κ2) is 7.15. The number of hydrogen-bond donors (Lipinski definition) is 1. The maximum absolute atomic E-state index is 12.9. The van der Waals surface area contributed by atoms with Crippen LogP contribution in [0.15, 0.2) is 29.2 Å². The van der Waals surface area contributed by atoms with Gasteiger partial charge in [0, 0.05) is 32.7 Å². The highest BCUT2D eigenvalue weighted by molar-refractivity contribution is 7.89. The number of aromatic amines is 1. The van der Waals surface area contributed by atoms with Gasteiger partial charge in [-0.3, -0.25) is 10.00 Å². The van der Waals surface area contributed by atoms with E-state index in [1.54, 1.807) is 25.3 Å². The number of benzene rings is 1. The number of aromatic nitrogens is 2. The molecule has 0 saturated carbocycles. The number of aryl methyl sites for hydroxylation is 2. The Bertz CT molecular complexity index is 820. The van der Waals surface area contributed by atoms with Crippen LogP contribution >= 0.6 is 0 Å². The van der Waals surface area contributed by atoms with Crippen molar-refractivity contribution in [1.82, 2.24) is 19.4 Å². The minimum Gasteiger partial charge on any atom is -0.497 e. The SMILES string of the molecule is COc1cccc(CN2CCN(S(=O)(=O)c3c(C)n[nH]c3C)CC2)c1. The summed E-state index contributed by atoms with van der Waals surface area (Å²) in [6.07, 6.45) is 0. The summed E-state index contributed by atoms with van der Waals surface area (Å²) in [5.74, 6) is 0.838. The Labute approximate surface area is 148 Å². The number of sulfonamides is 1. The summed E-state index contributed by atoms with van der Waals surface area (Å²) in [5.41, 5.74) is 2.28. The van der Waals surface area contributed by atoms with E-state index in [-0.39, 0.29) is 0 Å². The van der Waals surface area contributed by atoms with Crippen LogP contribution in [0.1, 0.15) is 17.0 Å². The Morgan fingerprint density at radius 1 is 1.20 bits per heavy atom. The maximum atomic E-state index is 12.9. The molecule has 0 amide bonds. The second-order valence-corrected chi connectivity index (χ2v) is 8.17. The van der Waals surface area contributed by atoms with E-state index in [9.17, 15) is 8.42 Å². The summed E-state index contributed by atoms with van der Waals surface area (Å²) in [6, 6.07) is 7.97. The van der Waals surface area contributed by atoms with E-state index < -0.39 is 10.0 Å². The van der Waals surface area contributed by atoms with Crippen molar-refractivity contribution in [2.24, 2.45) is 0 Å². The highest BCUT2D eigenvalue weighted by Crippen LogP contribution is 2.23. The van der Waals surface area contributed by atoms with Gasteiger partial charge in [-0.05, 0) is 31.5 Å². The molecular formula is C17H24N4O3S. The van der Waals surface area contributed by atoms with E-state index in [2.05, 4.69) is 21.2 Å². The second-order valence-electron chi connectivity index (χ2n) is 6.29. The number of rotatable bonds is 5. The molecule has 1 aromatic heterocycles. The maximum Gasteiger partial charge on any atom is 0.246 e. The molecule has 0 aliphatic carbocycles. The summed E-state index contributed by atoms with van der Waals surface area (Å²) in [6.45, 7) is 6.61. The molecule has 3 rings (SSSR count). The molecular weight excluding hydrogens is 340 g/mol. The molecule has 8 heteroatoms. The van der Waals surface area contributed by atoms with Crippen LogP contribution < -0.4 is 4.74 Å². The molecule has 0 atom stereocenters. The molecule has 1 fully saturated rings. The van der Waals surface area contributed by atoms with Gasteiger partial charge in [-0.2, -0.15) is 9.40 Å². The number of nitrogens with one attached hydrogen (secondary N) is 1. The zero-order valence-corrected chi connectivity index (χ0v) is 15.6. The Morgan fingerprint density at radius 3 is 2.52 bits per heavy atom. The van der Waals surface area contributed by atoms with E-state index in [4.69, 9.17) is 4.74 Å². The quantitative estimate of drug-likeness (QED) is 0.871. The molecule has 1 N–H and O–H groups in total. The molecule has 2 heterocycles. The standard InChI is InChI=1S/C17H24N4O3S/c1-13-17(14(2)19-18-13)25(22,23)21-9-7-20(8-10-21)12-15-5-4-6-16(11-15)24-3/h4-6,11H,7-10,12H2,1-3H3,(H,18,19). The van der Waals surface area contributed by atoms with Crippen molar-refractivity contribution in [3.63, 3.8) is 0 Å². The predicted octanol–water partition coefficient (Wildman–Crippen LogP) is 1.54. The van der Waals surface area contributed by atoms with Crippen molar-refractivity contribution in [1.29, 1.82) is 0 Å². The van der Waals surface area contributed by atoms with Crippen LogP contribution in [0.2, 0.25) is 0 Å². The van der Waals surface area contributed by atoms with Crippen molar-refractivity contribution in [2.45, 2.75) is 25.3 Å². The van der Waals surface area contributed by atoms with Gasteiger partial charge in [-0.15, -0.1) is 0 Å². The smallest absolute Gasteiger partial charge is 0.246 e. The van der Waals surface area contributed by atoms with Gasteiger partial charge in [0.1, 0.15) is 10.6 Å². The fraction of sp³-hybridized carbons (Fsp3) is 0.471. The number of hydrogen-bond acceptors (Lipinski definition) is 5. The lowest BCUT2D eigenvalue weighted by Crippen LogP contribution is -2.48. The van der Waals surface area contributed by atoms with Crippen LogP contribution in [0, 0.1) is 13.8 Å². The van der Waals surface area contributed by atoms with Crippen molar-refractivity contribution < 1.29 is 13.2 Å². The summed E-state index contributed by atoms with van der Waals surface area (Å²) >= 11 is 0. The van der Waals surface area contributed by atoms with Crippen LogP contribution in [0.4, 0.5) is 0 Å². The van der Waals surface area contributed by atoms with E-state index in [1.165, 1.54) is 0 Å². The summed E-state index contributed by atoms with van der Waals surface area (Å²) in [4.78, 5) is 2.57. The van der Waals surface area contributed by atoms with E-state index >= 15 is 0 Å². The lowest BCUT2D eigenvalue weighted by Gasteiger charge is -2.34. The van der Waals surface area contributed by atoms with Crippen LogP contribution in [0.3, 0.4) is 0 Å². The number of piperazine rings is 1. The summed E-state index contributed by atoms with van der Waals surface area (Å²) < 4.78 is 32.5. The number of nitrogens with zero attached hydrogens (tertiary/aromatic N) is 3. The third-order valence-corrected chi connectivity index (χ3v) is 6.69. The van der Waals surface area contributed by atoms with Crippen LogP contribution in [-0.4, -0.2) is 61.1 Å². The zero-order valence-electron chi connectivity index (χ0n) is 14.8. The average molecular weight is 364 g/mol. The lowest BCUT2D eigenvalue weighted by atomic mass is 10.2. The Balaban J connectivity index is 1.65. The van der Waals surface area contributed by atoms with Gasteiger partial charge < -0.3 is 4.74 Å². The average Bonchev–Trinajstić information content (AvgIpc) is 2.95. The van der Waals surface area contributed by atoms with Crippen molar-refractivity contribution in [2.75, 3.05) is 33.3 Å². The zero-order chi connectivity index (χ0) is 18.0. The Hall–Kier alpha value is -1.90. The van der Waals surface area contributed by atoms with Crippen LogP contribution in [0.5, 0.6) is 5.75 Å².